The van der Waals surface area contributed by atoms with Gasteiger partial charge in [-0.2, -0.15) is 5.10 Å². The van der Waals surface area contributed by atoms with E-state index in [1.54, 1.807) is 12.1 Å². The number of hydrazone groups is 1. The molecule has 1 heterocycles. The van der Waals surface area contributed by atoms with Gasteiger partial charge in [-0.25, -0.2) is 4.79 Å². The number of aromatic carboxylic acids is 1. The second-order valence-corrected chi connectivity index (χ2v) is 5.05. The van der Waals surface area contributed by atoms with E-state index in [9.17, 15) is 4.79 Å². The van der Waals surface area contributed by atoms with Crippen molar-refractivity contribution in [2.45, 2.75) is 6.92 Å². The predicted octanol–water partition coefficient (Wildman–Crippen LogP) is 2.99. The van der Waals surface area contributed by atoms with Crippen LogP contribution in [0.4, 0.5) is 5.69 Å². The first kappa shape index (κ1) is 14.9. The monoisotopic (exact) mass is 312 g/mol. The summed E-state index contributed by atoms with van der Waals surface area (Å²) < 4.78 is 11.0. The maximum Gasteiger partial charge on any atom is 0.335 e. The quantitative estimate of drug-likeness (QED) is 0.670. The number of benzene rings is 2. The van der Waals surface area contributed by atoms with Gasteiger partial charge in [-0.05, 0) is 43.3 Å². The van der Waals surface area contributed by atoms with E-state index in [1.165, 1.54) is 12.1 Å². The molecule has 3 rings (SSSR count). The predicted molar refractivity (Wildman–Crippen MR) is 86.7 cm³/mol. The molecule has 0 aromatic heterocycles. The molecule has 0 amide bonds. The highest BCUT2D eigenvalue weighted by molar-refractivity contribution is 5.99. The number of carboxylic acid groups (broad SMARTS) is 1. The average Bonchev–Trinajstić information content (AvgIpc) is 2.59. The molecule has 6 nitrogen and oxygen atoms in total. The highest BCUT2D eigenvalue weighted by Crippen LogP contribution is 2.30. The van der Waals surface area contributed by atoms with Gasteiger partial charge in [-0.15, -0.1) is 0 Å². The van der Waals surface area contributed by atoms with Gasteiger partial charge in [0.2, 0.25) is 0 Å². The van der Waals surface area contributed by atoms with Crippen LogP contribution in [0, 0.1) is 0 Å². The van der Waals surface area contributed by atoms with Gasteiger partial charge >= 0.3 is 5.97 Å². The highest BCUT2D eigenvalue weighted by atomic mass is 16.6. The zero-order chi connectivity index (χ0) is 16.2. The Labute approximate surface area is 133 Å². The Bertz CT molecular complexity index is 771. The summed E-state index contributed by atoms with van der Waals surface area (Å²) in [6.45, 7) is 2.95. The standard InChI is InChI=1S/C17H16N2O4/c1-11(12-5-6-15-16(10-12)23-8-7-22-15)18-19-14-4-2-3-13(9-14)17(20)21/h2-6,9-10,19H,7-8H2,1H3,(H,20,21). The van der Waals surface area contributed by atoms with Crippen molar-refractivity contribution in [1.29, 1.82) is 0 Å². The normalized spacial score (nSPS) is 13.5. The van der Waals surface area contributed by atoms with Gasteiger partial charge < -0.3 is 14.6 Å². The van der Waals surface area contributed by atoms with Gasteiger partial charge in [-0.1, -0.05) is 6.07 Å². The molecular formula is C17H16N2O4. The van der Waals surface area contributed by atoms with E-state index < -0.39 is 5.97 Å². The van der Waals surface area contributed by atoms with Crippen LogP contribution in [-0.4, -0.2) is 30.0 Å². The first-order valence-corrected chi connectivity index (χ1v) is 7.17. The molecule has 6 heteroatoms. The summed E-state index contributed by atoms with van der Waals surface area (Å²) in [5.74, 6) is 0.465. The molecule has 0 unspecified atom stereocenters. The molecule has 118 valence electrons. The van der Waals surface area contributed by atoms with Crippen molar-refractivity contribution >= 4 is 17.4 Å². The molecule has 1 aliphatic heterocycles. The molecule has 0 saturated heterocycles. The Kier molecular flexibility index (Phi) is 4.14. The SMILES string of the molecule is CC(=NNc1cccc(C(=O)O)c1)c1ccc2c(c1)OCCO2. The van der Waals surface area contributed by atoms with Crippen LogP contribution in [0.2, 0.25) is 0 Å². The van der Waals surface area contributed by atoms with Crippen molar-refractivity contribution in [3.05, 3.63) is 53.6 Å². The number of rotatable bonds is 4. The molecule has 0 fully saturated rings. The second kappa shape index (κ2) is 6.39. The minimum absolute atomic E-state index is 0.210. The van der Waals surface area contributed by atoms with Gasteiger partial charge in [0.05, 0.1) is 17.0 Å². The number of nitrogens with one attached hydrogen (secondary N) is 1. The number of anilines is 1. The molecule has 23 heavy (non-hydrogen) atoms. The minimum Gasteiger partial charge on any atom is -0.486 e. The van der Waals surface area contributed by atoms with E-state index in [4.69, 9.17) is 14.6 Å². The van der Waals surface area contributed by atoms with Gasteiger partial charge in [0, 0.05) is 5.56 Å². The lowest BCUT2D eigenvalue weighted by Crippen LogP contribution is -2.15. The second-order valence-electron chi connectivity index (χ2n) is 5.05. The van der Waals surface area contributed by atoms with Gasteiger partial charge in [0.25, 0.3) is 0 Å². The summed E-state index contributed by atoms with van der Waals surface area (Å²) in [7, 11) is 0. The number of carbonyl (C=O) groups is 1. The Morgan fingerprint density at radius 3 is 2.65 bits per heavy atom. The summed E-state index contributed by atoms with van der Waals surface area (Å²) >= 11 is 0. The third kappa shape index (κ3) is 3.42. The van der Waals surface area contributed by atoms with Gasteiger partial charge in [0.1, 0.15) is 13.2 Å². The van der Waals surface area contributed by atoms with Crippen LogP contribution in [0.5, 0.6) is 11.5 Å². The number of fused-ring (bicyclic) bond motifs is 1. The van der Waals surface area contributed by atoms with Gasteiger partial charge in [-0.3, -0.25) is 5.43 Å². The average molecular weight is 312 g/mol. The Balaban J connectivity index is 1.77. The first-order valence-electron chi connectivity index (χ1n) is 7.17. The van der Waals surface area contributed by atoms with Crippen LogP contribution >= 0.6 is 0 Å². The summed E-state index contributed by atoms with van der Waals surface area (Å²) in [5.41, 5.74) is 5.35. The molecule has 1 aliphatic rings. The van der Waals surface area contributed by atoms with E-state index in [2.05, 4.69) is 10.5 Å². The molecule has 2 N–H and O–H groups in total. The van der Waals surface area contributed by atoms with E-state index in [-0.39, 0.29) is 5.56 Å². The maximum absolute atomic E-state index is 11.0. The van der Waals surface area contributed by atoms with Crippen molar-refractivity contribution < 1.29 is 19.4 Å². The van der Waals surface area contributed by atoms with Crippen molar-refractivity contribution in [2.75, 3.05) is 18.6 Å². The van der Waals surface area contributed by atoms with Crippen molar-refractivity contribution in [3.8, 4) is 11.5 Å². The summed E-state index contributed by atoms with van der Waals surface area (Å²) in [4.78, 5) is 11.0. The number of hydrogen-bond acceptors (Lipinski definition) is 5. The largest absolute Gasteiger partial charge is 0.486 e. The van der Waals surface area contributed by atoms with Crippen molar-refractivity contribution in [1.82, 2.24) is 0 Å². The fraction of sp³-hybridized carbons (Fsp3) is 0.176. The smallest absolute Gasteiger partial charge is 0.335 e. The number of nitrogens with zero attached hydrogens (tertiary/aromatic N) is 1. The van der Waals surface area contributed by atoms with E-state index in [0.29, 0.717) is 24.7 Å². The number of carboxylic acids is 1. The zero-order valence-corrected chi connectivity index (χ0v) is 12.6. The summed E-state index contributed by atoms with van der Waals surface area (Å²) in [6, 6.07) is 12.1. The van der Waals surface area contributed by atoms with Crippen LogP contribution in [0.1, 0.15) is 22.8 Å². The van der Waals surface area contributed by atoms with Crippen LogP contribution in [0.15, 0.2) is 47.6 Å². The van der Waals surface area contributed by atoms with Crippen LogP contribution in [-0.2, 0) is 0 Å². The third-order valence-corrected chi connectivity index (χ3v) is 3.42. The first-order chi connectivity index (χ1) is 11.1. The van der Waals surface area contributed by atoms with Crippen molar-refractivity contribution in [3.63, 3.8) is 0 Å². The van der Waals surface area contributed by atoms with E-state index >= 15 is 0 Å². The summed E-state index contributed by atoms with van der Waals surface area (Å²) in [5, 5.41) is 13.3. The Hall–Kier alpha value is -3.02. The lowest BCUT2D eigenvalue weighted by atomic mass is 10.1. The number of ether oxygens (including phenoxy) is 2. The lowest BCUT2D eigenvalue weighted by molar-refractivity contribution is 0.0697. The van der Waals surface area contributed by atoms with Gasteiger partial charge in [0.15, 0.2) is 11.5 Å². The molecule has 2 aromatic carbocycles. The molecule has 0 bridgehead atoms. The molecule has 2 aromatic rings. The third-order valence-electron chi connectivity index (χ3n) is 3.42. The highest BCUT2D eigenvalue weighted by Gasteiger charge is 2.12. The Morgan fingerprint density at radius 1 is 1.09 bits per heavy atom. The molecule has 0 spiro atoms. The molecule has 0 radical (unpaired) electrons. The zero-order valence-electron chi connectivity index (χ0n) is 12.6. The number of hydrogen-bond donors (Lipinski definition) is 2. The van der Waals surface area contributed by atoms with Crippen LogP contribution in [0.25, 0.3) is 0 Å². The summed E-state index contributed by atoms with van der Waals surface area (Å²) in [6.07, 6.45) is 0. The maximum atomic E-state index is 11.0. The van der Waals surface area contributed by atoms with Crippen molar-refractivity contribution in [2.24, 2.45) is 5.10 Å². The van der Waals surface area contributed by atoms with Crippen LogP contribution < -0.4 is 14.9 Å². The topological polar surface area (TPSA) is 80.2 Å². The molecule has 0 atom stereocenters. The molecular weight excluding hydrogens is 296 g/mol. The van der Waals surface area contributed by atoms with E-state index in [0.717, 1.165) is 17.0 Å². The fourth-order valence-corrected chi connectivity index (χ4v) is 2.20. The van der Waals surface area contributed by atoms with Crippen LogP contribution in [0.3, 0.4) is 0 Å². The Morgan fingerprint density at radius 2 is 1.87 bits per heavy atom. The molecule has 0 aliphatic carbocycles. The molecule has 0 saturated carbocycles. The minimum atomic E-state index is -0.971. The van der Waals surface area contributed by atoms with E-state index in [1.807, 2.05) is 25.1 Å². The fourth-order valence-electron chi connectivity index (χ4n) is 2.20. The lowest BCUT2D eigenvalue weighted by Gasteiger charge is -2.18.